The van der Waals surface area contributed by atoms with E-state index in [9.17, 15) is 0 Å². The molecule has 0 saturated carbocycles. The van der Waals surface area contributed by atoms with Crippen LogP contribution in [0.25, 0.3) is 23.1 Å². The zero-order valence-corrected chi connectivity index (χ0v) is 17.9. The van der Waals surface area contributed by atoms with Crippen LogP contribution in [0.3, 0.4) is 0 Å². The Labute approximate surface area is 185 Å². The number of aromatic amines is 1. The lowest BCUT2D eigenvalue weighted by atomic mass is 10.1. The fourth-order valence-electron chi connectivity index (χ4n) is 3.32. The Morgan fingerprint density at radius 3 is 2.68 bits per heavy atom. The first-order valence-electron chi connectivity index (χ1n) is 9.82. The van der Waals surface area contributed by atoms with Gasteiger partial charge in [-0.2, -0.15) is 5.26 Å². The van der Waals surface area contributed by atoms with E-state index in [-0.39, 0.29) is 0 Å². The number of H-pyrrole nitrogens is 1. The number of fused-ring (bicyclic) bond motifs is 1. The maximum atomic E-state index is 9.13. The Kier molecular flexibility index (Phi) is 5.92. The van der Waals surface area contributed by atoms with Gasteiger partial charge in [0.15, 0.2) is 0 Å². The number of benzene rings is 2. The molecular formula is C25H20ClN3O2. The van der Waals surface area contributed by atoms with Crippen LogP contribution in [0.5, 0.6) is 17.4 Å². The van der Waals surface area contributed by atoms with Gasteiger partial charge >= 0.3 is 0 Å². The largest absolute Gasteiger partial charge is 0.497 e. The van der Waals surface area contributed by atoms with Crippen molar-refractivity contribution in [3.8, 4) is 23.4 Å². The average molecular weight is 430 g/mol. The van der Waals surface area contributed by atoms with E-state index in [1.165, 1.54) is 0 Å². The van der Waals surface area contributed by atoms with Crippen molar-refractivity contribution in [2.45, 2.75) is 13.3 Å². The first kappa shape index (κ1) is 20.5. The monoisotopic (exact) mass is 429 g/mol. The minimum Gasteiger partial charge on any atom is -0.497 e. The number of methoxy groups -OCH3 is 1. The molecular weight excluding hydrogens is 410 g/mol. The number of nitriles is 1. The molecule has 1 N–H and O–H groups in total. The van der Waals surface area contributed by atoms with E-state index in [0.29, 0.717) is 27.9 Å². The number of nitrogens with zero attached hydrogens (tertiary/aromatic N) is 2. The second kappa shape index (κ2) is 8.95. The van der Waals surface area contributed by atoms with Crippen LogP contribution in [-0.2, 0) is 6.42 Å². The van der Waals surface area contributed by atoms with Crippen molar-refractivity contribution in [3.63, 3.8) is 0 Å². The smallest absolute Gasteiger partial charge is 0.221 e. The van der Waals surface area contributed by atoms with Gasteiger partial charge in [0.2, 0.25) is 5.88 Å². The fourth-order valence-corrected chi connectivity index (χ4v) is 3.70. The molecule has 6 heteroatoms. The van der Waals surface area contributed by atoms with Crippen molar-refractivity contribution < 1.29 is 9.47 Å². The molecule has 0 aliphatic rings. The number of pyridine rings is 1. The summed E-state index contributed by atoms with van der Waals surface area (Å²) in [6.07, 6.45) is 4.64. The Morgan fingerprint density at radius 2 is 1.90 bits per heavy atom. The molecule has 154 valence electrons. The lowest BCUT2D eigenvalue weighted by Crippen LogP contribution is -1.92. The number of aromatic nitrogens is 2. The second-order valence-electron chi connectivity index (χ2n) is 6.89. The Balaban J connectivity index is 1.78. The number of ether oxygens (including phenoxy) is 2. The molecule has 5 nitrogen and oxygen atoms in total. The summed E-state index contributed by atoms with van der Waals surface area (Å²) in [7, 11) is 1.64. The maximum Gasteiger partial charge on any atom is 0.221 e. The highest BCUT2D eigenvalue weighted by molar-refractivity contribution is 6.37. The Bertz CT molecular complexity index is 1320. The number of nitrogens with one attached hydrogen (secondary N) is 1. The second-order valence-corrected chi connectivity index (χ2v) is 7.27. The molecule has 2 aromatic heterocycles. The highest BCUT2D eigenvalue weighted by atomic mass is 35.5. The van der Waals surface area contributed by atoms with Crippen LogP contribution < -0.4 is 9.47 Å². The van der Waals surface area contributed by atoms with E-state index in [2.05, 4.69) is 11.1 Å². The number of hydrogen-bond donors (Lipinski definition) is 1. The molecule has 4 rings (SSSR count). The number of halogens is 1. The molecule has 2 heterocycles. The third kappa shape index (κ3) is 4.40. The van der Waals surface area contributed by atoms with Crippen molar-refractivity contribution in [2.75, 3.05) is 7.11 Å². The summed E-state index contributed by atoms with van der Waals surface area (Å²) >= 11 is 6.64. The molecule has 0 aliphatic heterocycles. The van der Waals surface area contributed by atoms with Gasteiger partial charge in [0, 0.05) is 17.1 Å². The minimum absolute atomic E-state index is 0.411. The first-order chi connectivity index (χ1) is 15.1. The number of rotatable bonds is 6. The van der Waals surface area contributed by atoms with Gasteiger partial charge < -0.3 is 14.5 Å². The summed E-state index contributed by atoms with van der Waals surface area (Å²) in [5.41, 5.74) is 3.97. The van der Waals surface area contributed by atoms with E-state index in [1.54, 1.807) is 31.4 Å². The molecule has 0 spiro atoms. The Morgan fingerprint density at radius 1 is 1.10 bits per heavy atom. The minimum atomic E-state index is 0.411. The summed E-state index contributed by atoms with van der Waals surface area (Å²) in [6, 6.07) is 18.7. The zero-order chi connectivity index (χ0) is 21.8. The SMILES string of the molecule is CCc1[nH]c2cc(Oc3cccc(C#N)c3)nc(C=Cc3cccc(OC)c3)c2c1Cl. The van der Waals surface area contributed by atoms with Gasteiger partial charge in [0.1, 0.15) is 11.5 Å². The van der Waals surface area contributed by atoms with E-state index >= 15 is 0 Å². The normalized spacial score (nSPS) is 11.0. The van der Waals surface area contributed by atoms with Crippen LogP contribution in [0, 0.1) is 11.3 Å². The van der Waals surface area contributed by atoms with Crippen LogP contribution >= 0.6 is 11.6 Å². The highest BCUT2D eigenvalue weighted by Crippen LogP contribution is 2.34. The van der Waals surface area contributed by atoms with E-state index in [1.807, 2.05) is 49.4 Å². The summed E-state index contributed by atoms with van der Waals surface area (Å²) in [4.78, 5) is 8.05. The lowest BCUT2D eigenvalue weighted by molar-refractivity contribution is 0.414. The molecule has 0 fully saturated rings. The van der Waals surface area contributed by atoms with Crippen molar-refractivity contribution in [2.24, 2.45) is 0 Å². The predicted octanol–water partition coefficient (Wildman–Crippen LogP) is 6.62. The van der Waals surface area contributed by atoms with Crippen LogP contribution in [0.2, 0.25) is 5.02 Å². The molecule has 0 radical (unpaired) electrons. The molecule has 31 heavy (non-hydrogen) atoms. The molecule has 4 aromatic rings. The standard InChI is InChI=1S/C25H20ClN3O2/c1-3-20-25(26)24-21(11-10-16-6-4-8-18(12-16)30-2)29-23(14-22(24)28-20)31-19-9-5-7-17(13-19)15-27/h4-14,28H,3H2,1-2H3. The van der Waals surface area contributed by atoms with Gasteiger partial charge in [0.25, 0.3) is 0 Å². The third-order valence-electron chi connectivity index (χ3n) is 4.86. The van der Waals surface area contributed by atoms with E-state index in [4.69, 9.17) is 31.3 Å². The van der Waals surface area contributed by atoms with Gasteiger partial charge in [-0.15, -0.1) is 0 Å². The average Bonchev–Trinajstić information content (AvgIpc) is 3.13. The predicted molar refractivity (Wildman–Crippen MR) is 124 cm³/mol. The van der Waals surface area contributed by atoms with E-state index in [0.717, 1.165) is 34.3 Å². The van der Waals surface area contributed by atoms with E-state index < -0.39 is 0 Å². The molecule has 0 saturated heterocycles. The van der Waals surface area contributed by atoms with Crippen molar-refractivity contribution >= 4 is 34.7 Å². The van der Waals surface area contributed by atoms with Crippen LogP contribution in [-0.4, -0.2) is 17.1 Å². The summed E-state index contributed by atoms with van der Waals surface area (Å²) in [5.74, 6) is 1.73. The highest BCUT2D eigenvalue weighted by Gasteiger charge is 2.15. The zero-order valence-electron chi connectivity index (χ0n) is 17.1. The van der Waals surface area contributed by atoms with Crippen LogP contribution in [0.4, 0.5) is 0 Å². The molecule has 0 unspecified atom stereocenters. The summed E-state index contributed by atoms with van der Waals surface area (Å²) < 4.78 is 11.3. The number of aryl methyl sites for hydroxylation is 1. The summed E-state index contributed by atoms with van der Waals surface area (Å²) in [5, 5.41) is 10.6. The van der Waals surface area contributed by atoms with Crippen molar-refractivity contribution in [1.82, 2.24) is 9.97 Å². The molecule has 0 atom stereocenters. The molecule has 0 bridgehead atoms. The molecule has 2 aromatic carbocycles. The number of hydrogen-bond acceptors (Lipinski definition) is 4. The van der Waals surface area contributed by atoms with Gasteiger partial charge in [-0.25, -0.2) is 4.98 Å². The summed E-state index contributed by atoms with van der Waals surface area (Å²) in [6.45, 7) is 2.04. The molecule has 0 aliphatic carbocycles. The maximum absolute atomic E-state index is 9.13. The topological polar surface area (TPSA) is 70.9 Å². The van der Waals surface area contributed by atoms with Crippen molar-refractivity contribution in [1.29, 1.82) is 5.26 Å². The van der Waals surface area contributed by atoms with Crippen LogP contribution in [0.1, 0.15) is 29.4 Å². The first-order valence-corrected chi connectivity index (χ1v) is 10.2. The Hall–Kier alpha value is -3.75. The van der Waals surface area contributed by atoms with Gasteiger partial charge in [-0.3, -0.25) is 0 Å². The van der Waals surface area contributed by atoms with Gasteiger partial charge in [-0.05, 0) is 48.4 Å². The van der Waals surface area contributed by atoms with Gasteiger partial charge in [0.05, 0.1) is 35.0 Å². The fraction of sp³-hybridized carbons (Fsp3) is 0.120. The molecule has 0 amide bonds. The quantitative estimate of drug-likeness (QED) is 0.373. The van der Waals surface area contributed by atoms with Gasteiger partial charge in [-0.1, -0.05) is 42.8 Å². The lowest BCUT2D eigenvalue weighted by Gasteiger charge is -2.07. The van der Waals surface area contributed by atoms with Crippen molar-refractivity contribution in [3.05, 3.63) is 82.1 Å². The third-order valence-corrected chi connectivity index (χ3v) is 5.28. The van der Waals surface area contributed by atoms with Crippen LogP contribution in [0.15, 0.2) is 54.6 Å².